The minimum Gasteiger partial charge on any atom is -0.341 e. The maximum Gasteiger partial charge on any atom is 0.270 e. The molecule has 1 aromatic heterocycles. The fourth-order valence-electron chi connectivity index (χ4n) is 3.47. The van der Waals surface area contributed by atoms with Crippen LogP contribution in [0.15, 0.2) is 58.7 Å². The number of non-ortho nitro benzene ring substituents is 2. The lowest BCUT2D eigenvalue weighted by Gasteiger charge is -2.26. The minimum absolute atomic E-state index is 0.0420. The van der Waals surface area contributed by atoms with Crippen molar-refractivity contribution in [2.24, 2.45) is 10.2 Å². The molecule has 0 atom stereocenters. The second kappa shape index (κ2) is 11.4. The Morgan fingerprint density at radius 3 is 1.75 bits per heavy atom. The number of rotatable bonds is 9. The highest BCUT2D eigenvalue weighted by Gasteiger charge is 2.16. The highest BCUT2D eigenvalue weighted by molar-refractivity contribution is 5.81. The number of anilines is 3. The molecule has 14 nitrogen and oxygen atoms in total. The first kappa shape index (κ1) is 24.1. The van der Waals surface area contributed by atoms with E-state index in [1.807, 2.05) is 4.90 Å². The van der Waals surface area contributed by atoms with Crippen molar-refractivity contribution in [3.63, 3.8) is 0 Å². The fourth-order valence-corrected chi connectivity index (χ4v) is 3.47. The number of nitro benzene ring substituents is 2. The molecule has 1 fully saturated rings. The van der Waals surface area contributed by atoms with Crippen LogP contribution in [0.3, 0.4) is 0 Å². The Hall–Kier alpha value is -5.01. The third-order valence-electron chi connectivity index (χ3n) is 5.18. The van der Waals surface area contributed by atoms with Gasteiger partial charge in [-0.1, -0.05) is 24.3 Å². The van der Waals surface area contributed by atoms with Crippen LogP contribution < -0.4 is 15.8 Å². The molecule has 184 valence electrons. The van der Waals surface area contributed by atoms with Gasteiger partial charge >= 0.3 is 0 Å². The predicted molar refractivity (Wildman–Crippen MR) is 135 cm³/mol. The van der Waals surface area contributed by atoms with Gasteiger partial charge in [-0.3, -0.25) is 20.2 Å². The lowest BCUT2D eigenvalue weighted by atomic mass is 10.1. The van der Waals surface area contributed by atoms with Crippen molar-refractivity contribution < 1.29 is 9.85 Å². The van der Waals surface area contributed by atoms with Crippen LogP contribution in [0.25, 0.3) is 0 Å². The van der Waals surface area contributed by atoms with Crippen molar-refractivity contribution in [3.05, 3.63) is 79.9 Å². The summed E-state index contributed by atoms with van der Waals surface area (Å²) >= 11 is 0. The molecule has 2 heterocycles. The summed E-state index contributed by atoms with van der Waals surface area (Å²) in [5, 5.41) is 30.1. The van der Waals surface area contributed by atoms with E-state index in [2.05, 4.69) is 36.0 Å². The van der Waals surface area contributed by atoms with Crippen molar-refractivity contribution in [1.29, 1.82) is 0 Å². The number of hydrogen-bond acceptors (Lipinski definition) is 12. The standard InChI is InChI=1S/C22H22N10O4/c33-31(34)18-8-4-6-16(12-18)14-23-28-20-25-21(27-22(26-20)30-10-2-1-3-11-30)29-24-15-17-7-5-9-19(13-17)32(35)36/h4-9,12-15H,1-3,10-11H2,(H2,25,26,27,28,29)/b23-14+,24-15+. The Morgan fingerprint density at radius 1 is 0.778 bits per heavy atom. The summed E-state index contributed by atoms with van der Waals surface area (Å²) < 4.78 is 0. The molecule has 0 saturated carbocycles. The fraction of sp³-hybridized carbons (Fsp3) is 0.227. The van der Waals surface area contributed by atoms with E-state index in [9.17, 15) is 20.2 Å². The molecule has 2 aromatic carbocycles. The van der Waals surface area contributed by atoms with E-state index in [-0.39, 0.29) is 23.3 Å². The van der Waals surface area contributed by atoms with Crippen molar-refractivity contribution in [2.75, 3.05) is 28.8 Å². The monoisotopic (exact) mass is 490 g/mol. The molecular weight excluding hydrogens is 468 g/mol. The first-order valence-electron chi connectivity index (χ1n) is 11.1. The van der Waals surface area contributed by atoms with Gasteiger partial charge in [0.05, 0.1) is 22.3 Å². The molecule has 1 aliphatic heterocycles. The molecule has 0 amide bonds. The molecule has 0 bridgehead atoms. The van der Waals surface area contributed by atoms with E-state index in [0.717, 1.165) is 32.4 Å². The van der Waals surface area contributed by atoms with E-state index < -0.39 is 9.85 Å². The summed E-state index contributed by atoms with van der Waals surface area (Å²) in [6, 6.07) is 12.1. The third kappa shape index (κ3) is 6.53. The van der Waals surface area contributed by atoms with Gasteiger partial charge in [0.15, 0.2) is 0 Å². The zero-order valence-corrected chi connectivity index (χ0v) is 19.0. The SMILES string of the molecule is O=[N+]([O-])c1cccc(/C=N/Nc2nc(N/N=C/c3cccc([N+](=O)[O-])c3)nc(N3CCCCC3)n2)c1. The van der Waals surface area contributed by atoms with Gasteiger partial charge in [-0.05, 0) is 19.3 Å². The lowest BCUT2D eigenvalue weighted by Crippen LogP contribution is -2.31. The van der Waals surface area contributed by atoms with Crippen molar-refractivity contribution >= 4 is 41.6 Å². The molecule has 0 spiro atoms. The highest BCUT2D eigenvalue weighted by Crippen LogP contribution is 2.19. The second-order valence-electron chi connectivity index (χ2n) is 7.77. The second-order valence-corrected chi connectivity index (χ2v) is 7.77. The summed E-state index contributed by atoms with van der Waals surface area (Å²) in [5.74, 6) is 0.756. The smallest absolute Gasteiger partial charge is 0.270 e. The van der Waals surface area contributed by atoms with Gasteiger partial charge in [-0.25, -0.2) is 10.9 Å². The topological polar surface area (TPSA) is 177 Å². The lowest BCUT2D eigenvalue weighted by molar-refractivity contribution is -0.385. The molecule has 36 heavy (non-hydrogen) atoms. The van der Waals surface area contributed by atoms with E-state index in [1.54, 1.807) is 24.3 Å². The van der Waals surface area contributed by atoms with Crippen LogP contribution in [-0.4, -0.2) is 50.3 Å². The zero-order valence-electron chi connectivity index (χ0n) is 19.0. The maximum atomic E-state index is 11.0. The number of aromatic nitrogens is 3. The Kier molecular flexibility index (Phi) is 7.65. The summed E-state index contributed by atoms with van der Waals surface area (Å²) in [7, 11) is 0. The van der Waals surface area contributed by atoms with Gasteiger partial charge in [-0.2, -0.15) is 25.2 Å². The number of nitrogens with one attached hydrogen (secondary N) is 2. The summed E-state index contributed by atoms with van der Waals surface area (Å²) in [6.45, 7) is 1.60. The largest absolute Gasteiger partial charge is 0.341 e. The van der Waals surface area contributed by atoms with Crippen LogP contribution in [0, 0.1) is 20.2 Å². The van der Waals surface area contributed by atoms with Gasteiger partial charge in [-0.15, -0.1) is 0 Å². The van der Waals surface area contributed by atoms with Crippen LogP contribution in [0.4, 0.5) is 29.2 Å². The molecule has 14 heteroatoms. The third-order valence-corrected chi connectivity index (χ3v) is 5.18. The average molecular weight is 490 g/mol. The van der Waals surface area contributed by atoms with Crippen molar-refractivity contribution in [1.82, 2.24) is 15.0 Å². The van der Waals surface area contributed by atoms with E-state index >= 15 is 0 Å². The molecule has 0 radical (unpaired) electrons. The summed E-state index contributed by atoms with van der Waals surface area (Å²) in [6.07, 6.45) is 6.02. The number of benzene rings is 2. The normalized spacial score (nSPS) is 13.7. The van der Waals surface area contributed by atoms with Gasteiger partial charge in [0.1, 0.15) is 0 Å². The van der Waals surface area contributed by atoms with E-state index in [0.29, 0.717) is 17.1 Å². The van der Waals surface area contributed by atoms with Crippen LogP contribution in [0.2, 0.25) is 0 Å². The number of hydrazone groups is 2. The Morgan fingerprint density at radius 2 is 1.28 bits per heavy atom. The van der Waals surface area contributed by atoms with Gasteiger partial charge in [0.25, 0.3) is 11.4 Å². The predicted octanol–water partition coefficient (Wildman–Crippen LogP) is 3.57. The summed E-state index contributed by atoms with van der Waals surface area (Å²) in [4.78, 5) is 36.1. The minimum atomic E-state index is -0.478. The first-order valence-corrected chi connectivity index (χ1v) is 11.1. The Labute approximate surface area is 205 Å². The van der Waals surface area contributed by atoms with Gasteiger partial charge in [0, 0.05) is 48.5 Å². The van der Waals surface area contributed by atoms with Gasteiger partial charge in [0.2, 0.25) is 17.8 Å². The van der Waals surface area contributed by atoms with Crippen LogP contribution in [0.5, 0.6) is 0 Å². The number of hydrogen-bond donors (Lipinski definition) is 2. The molecular formula is C22H22N10O4. The van der Waals surface area contributed by atoms with Gasteiger partial charge < -0.3 is 4.90 Å². The van der Waals surface area contributed by atoms with Crippen molar-refractivity contribution in [2.45, 2.75) is 19.3 Å². The first-order chi connectivity index (χ1) is 17.5. The molecule has 0 unspecified atom stereocenters. The maximum absolute atomic E-state index is 11.0. The number of nitrogens with zero attached hydrogens (tertiary/aromatic N) is 8. The van der Waals surface area contributed by atoms with Crippen LogP contribution in [-0.2, 0) is 0 Å². The van der Waals surface area contributed by atoms with Crippen molar-refractivity contribution in [3.8, 4) is 0 Å². The highest BCUT2D eigenvalue weighted by atomic mass is 16.6. The molecule has 3 aromatic rings. The summed E-state index contributed by atoms with van der Waals surface area (Å²) in [5.41, 5.74) is 6.44. The Balaban J connectivity index is 1.52. The molecule has 0 aliphatic carbocycles. The average Bonchev–Trinajstić information content (AvgIpc) is 2.89. The quantitative estimate of drug-likeness (QED) is 0.256. The van der Waals surface area contributed by atoms with E-state index in [4.69, 9.17) is 0 Å². The van der Waals surface area contributed by atoms with Crippen LogP contribution in [0.1, 0.15) is 30.4 Å². The zero-order chi connectivity index (χ0) is 25.3. The van der Waals surface area contributed by atoms with Crippen LogP contribution >= 0.6 is 0 Å². The number of piperidine rings is 1. The molecule has 1 aliphatic rings. The molecule has 4 rings (SSSR count). The Bertz CT molecular complexity index is 1220. The molecule has 1 saturated heterocycles. The van der Waals surface area contributed by atoms with E-state index in [1.165, 1.54) is 36.7 Å². The molecule has 2 N–H and O–H groups in total. The number of nitro groups is 2.